The molecule has 27 heavy (non-hydrogen) atoms. The van der Waals surface area contributed by atoms with Gasteiger partial charge in [0.05, 0.1) is 18.6 Å². The molecule has 2 rings (SSSR count). The highest BCUT2D eigenvalue weighted by atomic mass is 16.5. The molecule has 0 aliphatic carbocycles. The van der Waals surface area contributed by atoms with Crippen molar-refractivity contribution in [2.24, 2.45) is 0 Å². The molecule has 2 aromatic rings. The monoisotopic (exact) mass is 374 g/mol. The number of rotatable bonds is 10. The summed E-state index contributed by atoms with van der Waals surface area (Å²) >= 11 is 0. The molecule has 8 heteroatoms. The highest BCUT2D eigenvalue weighted by Crippen LogP contribution is 2.22. The van der Waals surface area contributed by atoms with Gasteiger partial charge in [-0.25, -0.2) is 4.98 Å². The van der Waals surface area contributed by atoms with E-state index in [1.165, 1.54) is 7.11 Å². The fourth-order valence-corrected chi connectivity index (χ4v) is 2.44. The van der Waals surface area contributed by atoms with E-state index in [0.717, 1.165) is 0 Å². The molecule has 1 aromatic heterocycles. The van der Waals surface area contributed by atoms with E-state index >= 15 is 0 Å². The number of benzene rings is 1. The average molecular weight is 374 g/mol. The first-order chi connectivity index (χ1) is 12.9. The van der Waals surface area contributed by atoms with Crippen molar-refractivity contribution in [2.75, 3.05) is 20.3 Å². The Morgan fingerprint density at radius 3 is 2.44 bits per heavy atom. The van der Waals surface area contributed by atoms with Gasteiger partial charge in [0.25, 0.3) is 5.91 Å². The van der Waals surface area contributed by atoms with E-state index in [-0.39, 0.29) is 19.6 Å². The number of aromatic nitrogens is 1. The predicted octanol–water partition coefficient (Wildman–Crippen LogP) is 2.25. The number of ether oxygens (including phenoxy) is 3. The third-order valence-corrected chi connectivity index (χ3v) is 3.50. The molecule has 2 N–H and O–H groups in total. The number of hydrogen-bond donors (Lipinski definition) is 2. The molecule has 0 spiro atoms. The van der Waals surface area contributed by atoms with Gasteiger partial charge in [-0.15, -0.1) is 0 Å². The molecule has 0 aliphatic heterocycles. The summed E-state index contributed by atoms with van der Waals surface area (Å²) in [6.45, 7) is 1.43. The van der Waals surface area contributed by atoms with Crippen LogP contribution in [0.3, 0.4) is 0 Å². The van der Waals surface area contributed by atoms with Crippen molar-refractivity contribution >= 4 is 11.9 Å². The lowest BCUT2D eigenvalue weighted by atomic mass is 9.99. The fraction of sp³-hybridized carbons (Fsp3) is 0.316. The van der Waals surface area contributed by atoms with E-state index in [2.05, 4.69) is 10.3 Å². The molecule has 0 saturated heterocycles. The third-order valence-electron chi connectivity index (χ3n) is 3.50. The number of amides is 1. The van der Waals surface area contributed by atoms with E-state index in [0.29, 0.717) is 17.4 Å². The zero-order valence-corrected chi connectivity index (χ0v) is 15.2. The van der Waals surface area contributed by atoms with Crippen LogP contribution in [0.4, 0.5) is 0 Å². The molecule has 1 atom stereocenters. The highest BCUT2D eigenvalue weighted by Gasteiger charge is 2.29. The Hall–Kier alpha value is -3.13. The Labute approximate surface area is 157 Å². The zero-order valence-electron chi connectivity index (χ0n) is 15.2. The average Bonchev–Trinajstić information content (AvgIpc) is 2.61. The molecule has 0 fully saturated rings. The summed E-state index contributed by atoms with van der Waals surface area (Å²) in [5, 5.41) is 11.6. The second kappa shape index (κ2) is 9.54. The lowest BCUT2D eigenvalue weighted by Gasteiger charge is -2.28. The van der Waals surface area contributed by atoms with Crippen molar-refractivity contribution in [1.29, 1.82) is 0 Å². The summed E-state index contributed by atoms with van der Waals surface area (Å²) in [6.07, 6.45) is 1.37. The standard InChI is InChI=1S/C19H22N2O6/c1-19(13-25-2,11-18(23)24)21-16(22)12-26-14-6-8-15(9-7-14)27-17-5-3-4-10-20-17/h3-10H,11-13H2,1-2H3,(H,21,22)(H,23,24). The second-order valence-electron chi connectivity index (χ2n) is 6.14. The van der Waals surface area contributed by atoms with Crippen LogP contribution >= 0.6 is 0 Å². The number of methoxy groups -OCH3 is 1. The van der Waals surface area contributed by atoms with Crippen molar-refractivity contribution < 1.29 is 28.9 Å². The first-order valence-corrected chi connectivity index (χ1v) is 8.24. The van der Waals surface area contributed by atoms with Gasteiger partial charge in [0, 0.05) is 19.4 Å². The number of nitrogens with one attached hydrogen (secondary N) is 1. The lowest BCUT2D eigenvalue weighted by molar-refractivity contribution is -0.139. The van der Waals surface area contributed by atoms with Crippen molar-refractivity contribution in [2.45, 2.75) is 18.9 Å². The molecule has 1 unspecified atom stereocenters. The molecule has 0 saturated carbocycles. The Morgan fingerprint density at radius 1 is 1.15 bits per heavy atom. The first-order valence-electron chi connectivity index (χ1n) is 8.24. The van der Waals surface area contributed by atoms with Gasteiger partial charge in [0.15, 0.2) is 6.61 Å². The van der Waals surface area contributed by atoms with Crippen LogP contribution in [0, 0.1) is 0 Å². The number of carbonyl (C=O) groups excluding carboxylic acids is 1. The van der Waals surface area contributed by atoms with Crippen LogP contribution in [0.1, 0.15) is 13.3 Å². The minimum Gasteiger partial charge on any atom is -0.484 e. The van der Waals surface area contributed by atoms with Crippen molar-refractivity contribution in [1.82, 2.24) is 10.3 Å². The SMILES string of the molecule is COCC(C)(CC(=O)O)NC(=O)COc1ccc(Oc2ccccn2)cc1. The van der Waals surface area contributed by atoms with Gasteiger partial charge < -0.3 is 24.6 Å². The number of aliphatic carboxylic acids is 1. The quantitative estimate of drug-likeness (QED) is 0.657. The van der Waals surface area contributed by atoms with Crippen LogP contribution in [0.5, 0.6) is 17.4 Å². The van der Waals surface area contributed by atoms with Crippen molar-refractivity contribution in [3.05, 3.63) is 48.7 Å². The largest absolute Gasteiger partial charge is 0.484 e. The number of carbonyl (C=O) groups is 2. The maximum absolute atomic E-state index is 12.1. The number of hydrogen-bond acceptors (Lipinski definition) is 6. The Bertz CT molecular complexity index is 751. The minimum absolute atomic E-state index is 0.0740. The van der Waals surface area contributed by atoms with E-state index in [1.807, 2.05) is 6.07 Å². The maximum Gasteiger partial charge on any atom is 0.305 e. The van der Waals surface area contributed by atoms with Gasteiger partial charge in [-0.05, 0) is 37.3 Å². The van der Waals surface area contributed by atoms with E-state index in [9.17, 15) is 9.59 Å². The number of pyridine rings is 1. The summed E-state index contributed by atoms with van der Waals surface area (Å²) in [5.41, 5.74) is -1.01. The van der Waals surface area contributed by atoms with Gasteiger partial charge in [-0.3, -0.25) is 9.59 Å². The molecule has 8 nitrogen and oxygen atoms in total. The molecule has 1 heterocycles. The maximum atomic E-state index is 12.1. The minimum atomic E-state index is -1.03. The van der Waals surface area contributed by atoms with Gasteiger partial charge in [0.1, 0.15) is 11.5 Å². The van der Waals surface area contributed by atoms with Gasteiger partial charge in [-0.1, -0.05) is 6.07 Å². The number of carboxylic acids is 1. The van der Waals surface area contributed by atoms with Crippen LogP contribution in [0.15, 0.2) is 48.7 Å². The normalized spacial score (nSPS) is 12.7. The highest BCUT2D eigenvalue weighted by molar-refractivity contribution is 5.79. The summed E-state index contributed by atoms with van der Waals surface area (Å²) in [4.78, 5) is 27.1. The van der Waals surface area contributed by atoms with Crippen LogP contribution in [-0.2, 0) is 14.3 Å². The molecular formula is C19H22N2O6. The molecule has 144 valence electrons. The zero-order chi connectivity index (χ0) is 19.7. The van der Waals surface area contributed by atoms with Gasteiger partial charge in [0.2, 0.25) is 5.88 Å². The summed E-state index contributed by atoms with van der Waals surface area (Å²) in [7, 11) is 1.44. The molecule has 0 radical (unpaired) electrons. The fourth-order valence-electron chi connectivity index (χ4n) is 2.44. The summed E-state index contributed by atoms with van der Waals surface area (Å²) in [6, 6.07) is 12.1. The first kappa shape index (κ1) is 20.2. The van der Waals surface area contributed by atoms with Crippen LogP contribution in [0.25, 0.3) is 0 Å². The molecular weight excluding hydrogens is 352 g/mol. The molecule has 1 amide bonds. The Kier molecular flexibility index (Phi) is 7.13. The molecule has 0 aliphatic rings. The Balaban J connectivity index is 1.86. The smallest absolute Gasteiger partial charge is 0.305 e. The van der Waals surface area contributed by atoms with Crippen LogP contribution < -0.4 is 14.8 Å². The van der Waals surface area contributed by atoms with Crippen molar-refractivity contribution in [3.8, 4) is 17.4 Å². The number of carboxylic acid groups (broad SMARTS) is 1. The predicted molar refractivity (Wildman–Crippen MR) is 96.9 cm³/mol. The summed E-state index contributed by atoms with van der Waals surface area (Å²) in [5.74, 6) is 0.0649. The van der Waals surface area contributed by atoms with Gasteiger partial charge in [-0.2, -0.15) is 0 Å². The summed E-state index contributed by atoms with van der Waals surface area (Å²) < 4.78 is 16.0. The van der Waals surface area contributed by atoms with Crippen molar-refractivity contribution in [3.63, 3.8) is 0 Å². The molecule has 1 aromatic carbocycles. The van der Waals surface area contributed by atoms with Crippen LogP contribution in [0.2, 0.25) is 0 Å². The number of nitrogens with zero attached hydrogens (tertiary/aromatic N) is 1. The van der Waals surface area contributed by atoms with Crippen LogP contribution in [-0.4, -0.2) is 47.8 Å². The Morgan fingerprint density at radius 2 is 1.85 bits per heavy atom. The van der Waals surface area contributed by atoms with E-state index in [4.69, 9.17) is 19.3 Å². The van der Waals surface area contributed by atoms with E-state index in [1.54, 1.807) is 49.5 Å². The lowest BCUT2D eigenvalue weighted by Crippen LogP contribution is -2.52. The third kappa shape index (κ3) is 6.95. The second-order valence-corrected chi connectivity index (χ2v) is 6.14. The van der Waals surface area contributed by atoms with Gasteiger partial charge >= 0.3 is 5.97 Å². The van der Waals surface area contributed by atoms with E-state index < -0.39 is 17.4 Å². The molecule has 0 bridgehead atoms. The topological polar surface area (TPSA) is 107 Å².